The Morgan fingerprint density at radius 1 is 1.14 bits per heavy atom. The lowest BCUT2D eigenvalue weighted by atomic mass is 10.1. The Labute approximate surface area is 120 Å². The van der Waals surface area contributed by atoms with E-state index in [1.54, 1.807) is 17.0 Å². The summed E-state index contributed by atoms with van der Waals surface area (Å²) in [5.41, 5.74) is 0.00519. The minimum atomic E-state index is -0.622. The van der Waals surface area contributed by atoms with Gasteiger partial charge >= 0.3 is 5.69 Å². The molecule has 0 saturated heterocycles. The summed E-state index contributed by atoms with van der Waals surface area (Å²) in [7, 11) is 0. The molecular weight excluding hydrogens is 276 g/mol. The fraction of sp³-hybridized carbons (Fsp3) is 0.308. The molecule has 1 heterocycles. The van der Waals surface area contributed by atoms with Gasteiger partial charge in [0.05, 0.1) is 21.3 Å². The van der Waals surface area contributed by atoms with Gasteiger partial charge in [-0.3, -0.25) is 25.2 Å². The monoisotopic (exact) mass is 290 g/mol. The van der Waals surface area contributed by atoms with Gasteiger partial charge in [0.25, 0.3) is 5.69 Å². The van der Waals surface area contributed by atoms with E-state index in [4.69, 9.17) is 0 Å². The quantitative estimate of drug-likeness (QED) is 0.619. The van der Waals surface area contributed by atoms with Crippen LogP contribution in [-0.4, -0.2) is 27.9 Å². The Balaban J connectivity index is 2.93. The van der Waals surface area contributed by atoms with Crippen LogP contribution in [0.1, 0.15) is 13.8 Å². The number of hydrogen-bond donors (Lipinski definition) is 0. The smallest absolute Gasteiger partial charge is 0.301 e. The van der Waals surface area contributed by atoms with Crippen molar-refractivity contribution in [1.29, 1.82) is 0 Å². The molecule has 8 heteroatoms. The molecule has 0 spiro atoms. The molecule has 1 aromatic carbocycles. The van der Waals surface area contributed by atoms with Crippen LogP contribution < -0.4 is 4.90 Å². The highest BCUT2D eigenvalue weighted by molar-refractivity contribution is 6.01. The highest BCUT2D eigenvalue weighted by atomic mass is 16.6. The number of hydrogen-bond acceptors (Lipinski definition) is 6. The van der Waals surface area contributed by atoms with E-state index in [2.05, 4.69) is 4.98 Å². The maximum absolute atomic E-state index is 11.3. The van der Waals surface area contributed by atoms with Gasteiger partial charge in [-0.1, -0.05) is 0 Å². The normalized spacial score (nSPS) is 10.6. The molecule has 0 aliphatic rings. The second-order valence-corrected chi connectivity index (χ2v) is 4.35. The number of fused-ring (bicyclic) bond motifs is 1. The fourth-order valence-corrected chi connectivity index (χ4v) is 2.34. The number of pyridine rings is 1. The Hall–Kier alpha value is -2.77. The van der Waals surface area contributed by atoms with Crippen molar-refractivity contribution in [2.24, 2.45) is 0 Å². The Bertz CT molecular complexity index is 713. The molecule has 0 aliphatic heterocycles. The lowest BCUT2D eigenvalue weighted by molar-refractivity contribution is -0.392. The number of benzene rings is 1. The standard InChI is InChI=1S/C13H14N4O4/c1-3-15(4-2)13-11(17(20)21)8-10(16(18)19)9-6-5-7-14-12(9)13/h5-8H,3-4H2,1-2H3. The first-order valence-corrected chi connectivity index (χ1v) is 6.46. The first kappa shape index (κ1) is 14.6. The van der Waals surface area contributed by atoms with Gasteiger partial charge in [0, 0.05) is 19.3 Å². The van der Waals surface area contributed by atoms with Crippen molar-refractivity contribution in [3.8, 4) is 0 Å². The number of nitro groups is 2. The second-order valence-electron chi connectivity index (χ2n) is 4.35. The number of non-ortho nitro benzene ring substituents is 1. The highest BCUT2D eigenvalue weighted by Gasteiger charge is 2.28. The van der Waals surface area contributed by atoms with Crippen LogP contribution in [0.15, 0.2) is 24.4 Å². The molecule has 110 valence electrons. The van der Waals surface area contributed by atoms with E-state index in [-0.39, 0.29) is 16.9 Å². The van der Waals surface area contributed by atoms with E-state index in [1.165, 1.54) is 6.20 Å². The van der Waals surface area contributed by atoms with Gasteiger partial charge in [0.1, 0.15) is 11.2 Å². The second kappa shape index (κ2) is 5.70. The van der Waals surface area contributed by atoms with E-state index in [0.29, 0.717) is 24.2 Å². The zero-order valence-electron chi connectivity index (χ0n) is 11.6. The number of rotatable bonds is 5. The summed E-state index contributed by atoms with van der Waals surface area (Å²) >= 11 is 0. The molecule has 0 saturated carbocycles. The SMILES string of the molecule is CCN(CC)c1c([N+](=O)[O-])cc([N+](=O)[O-])c2cccnc12. The topological polar surface area (TPSA) is 102 Å². The summed E-state index contributed by atoms with van der Waals surface area (Å²) in [6.07, 6.45) is 1.47. The molecule has 0 amide bonds. The largest absolute Gasteiger partial charge is 0.365 e. The number of anilines is 1. The predicted octanol–water partition coefficient (Wildman–Crippen LogP) is 2.90. The lowest BCUT2D eigenvalue weighted by Crippen LogP contribution is -2.23. The Kier molecular flexibility index (Phi) is 3.97. The van der Waals surface area contributed by atoms with Crippen LogP contribution in [-0.2, 0) is 0 Å². The van der Waals surface area contributed by atoms with Crippen LogP contribution in [0.5, 0.6) is 0 Å². The van der Waals surface area contributed by atoms with Gasteiger partial charge in [-0.05, 0) is 26.0 Å². The van der Waals surface area contributed by atoms with E-state index >= 15 is 0 Å². The fourth-order valence-electron chi connectivity index (χ4n) is 2.34. The van der Waals surface area contributed by atoms with Crippen molar-refractivity contribution in [3.63, 3.8) is 0 Å². The van der Waals surface area contributed by atoms with Gasteiger partial charge in [-0.15, -0.1) is 0 Å². The van der Waals surface area contributed by atoms with Crippen LogP contribution in [0.4, 0.5) is 17.1 Å². The van der Waals surface area contributed by atoms with Crippen molar-refractivity contribution in [2.75, 3.05) is 18.0 Å². The van der Waals surface area contributed by atoms with Crippen LogP contribution in [0, 0.1) is 20.2 Å². The number of aromatic nitrogens is 1. The third kappa shape index (κ3) is 2.47. The summed E-state index contributed by atoms with van der Waals surface area (Å²) in [5.74, 6) is 0. The summed E-state index contributed by atoms with van der Waals surface area (Å²) < 4.78 is 0. The molecule has 0 fully saturated rings. The Morgan fingerprint density at radius 3 is 2.29 bits per heavy atom. The average molecular weight is 290 g/mol. The van der Waals surface area contributed by atoms with E-state index < -0.39 is 9.85 Å². The zero-order valence-corrected chi connectivity index (χ0v) is 11.6. The van der Waals surface area contributed by atoms with Crippen LogP contribution in [0.25, 0.3) is 10.9 Å². The van der Waals surface area contributed by atoms with Crippen LogP contribution in [0.2, 0.25) is 0 Å². The van der Waals surface area contributed by atoms with Crippen LogP contribution >= 0.6 is 0 Å². The minimum Gasteiger partial charge on any atom is -0.365 e. The minimum absolute atomic E-state index is 0.280. The van der Waals surface area contributed by atoms with Gasteiger partial charge in [0.15, 0.2) is 0 Å². The molecule has 0 aliphatic carbocycles. The molecule has 1 aromatic heterocycles. The maximum Gasteiger partial charge on any atom is 0.301 e. The molecule has 0 atom stereocenters. The van der Waals surface area contributed by atoms with Crippen LogP contribution in [0.3, 0.4) is 0 Å². The van der Waals surface area contributed by atoms with E-state index in [1.807, 2.05) is 13.8 Å². The van der Waals surface area contributed by atoms with Crippen molar-refractivity contribution < 1.29 is 9.85 Å². The van der Waals surface area contributed by atoms with Gasteiger partial charge in [-0.25, -0.2) is 0 Å². The first-order chi connectivity index (χ1) is 10.0. The maximum atomic E-state index is 11.3. The van der Waals surface area contributed by atoms with Gasteiger partial charge in [-0.2, -0.15) is 0 Å². The Morgan fingerprint density at radius 2 is 1.76 bits per heavy atom. The van der Waals surface area contributed by atoms with E-state index in [9.17, 15) is 20.2 Å². The first-order valence-electron chi connectivity index (χ1n) is 6.46. The van der Waals surface area contributed by atoms with Gasteiger partial charge in [0.2, 0.25) is 0 Å². The zero-order chi connectivity index (χ0) is 15.6. The van der Waals surface area contributed by atoms with Gasteiger partial charge < -0.3 is 4.90 Å². The summed E-state index contributed by atoms with van der Waals surface area (Å²) in [6, 6.07) is 4.14. The molecule has 2 rings (SSSR count). The molecule has 0 bridgehead atoms. The third-order valence-electron chi connectivity index (χ3n) is 3.30. The summed E-state index contributed by atoms with van der Waals surface area (Å²) in [4.78, 5) is 27.1. The lowest BCUT2D eigenvalue weighted by Gasteiger charge is -2.21. The van der Waals surface area contributed by atoms with Crippen molar-refractivity contribution in [3.05, 3.63) is 44.6 Å². The van der Waals surface area contributed by atoms with Crippen molar-refractivity contribution in [2.45, 2.75) is 13.8 Å². The van der Waals surface area contributed by atoms with Crippen molar-refractivity contribution in [1.82, 2.24) is 4.98 Å². The molecule has 0 unspecified atom stereocenters. The van der Waals surface area contributed by atoms with E-state index in [0.717, 1.165) is 6.07 Å². The molecule has 2 aromatic rings. The molecule has 0 radical (unpaired) electrons. The molecule has 8 nitrogen and oxygen atoms in total. The predicted molar refractivity (Wildman–Crippen MR) is 78.6 cm³/mol. The molecule has 21 heavy (non-hydrogen) atoms. The highest BCUT2D eigenvalue weighted by Crippen LogP contribution is 2.40. The number of nitrogens with zero attached hydrogens (tertiary/aromatic N) is 4. The summed E-state index contributed by atoms with van der Waals surface area (Å²) in [5, 5.41) is 22.8. The average Bonchev–Trinajstić information content (AvgIpc) is 2.47. The summed E-state index contributed by atoms with van der Waals surface area (Å²) in [6.45, 7) is 4.81. The molecular formula is C13H14N4O4. The van der Waals surface area contributed by atoms with Crippen molar-refractivity contribution >= 4 is 28.0 Å². The molecule has 0 N–H and O–H groups in total. The third-order valence-corrected chi connectivity index (χ3v) is 3.30. The number of nitro benzene ring substituents is 2.